The molecule has 3 N–H and O–H groups in total. The van der Waals surface area contributed by atoms with Crippen molar-refractivity contribution in [3.8, 4) is 11.5 Å². The number of hydrogen-bond acceptors (Lipinski definition) is 5. The maximum absolute atomic E-state index is 11.6. The van der Waals surface area contributed by atoms with Gasteiger partial charge in [-0.3, -0.25) is 9.89 Å². The first-order valence-electron chi connectivity index (χ1n) is 5.82. The molecule has 0 aliphatic heterocycles. The van der Waals surface area contributed by atoms with E-state index in [0.717, 1.165) is 5.69 Å². The van der Waals surface area contributed by atoms with Crippen molar-refractivity contribution in [2.24, 2.45) is 5.10 Å². The van der Waals surface area contributed by atoms with E-state index in [1.54, 1.807) is 25.1 Å². The highest BCUT2D eigenvalue weighted by Crippen LogP contribution is 2.25. The zero-order valence-electron chi connectivity index (χ0n) is 11.0. The molecule has 20 heavy (non-hydrogen) atoms. The van der Waals surface area contributed by atoms with E-state index >= 15 is 0 Å². The fourth-order valence-electron chi connectivity index (χ4n) is 1.54. The average molecular weight is 274 g/mol. The number of aromatic amines is 1. The van der Waals surface area contributed by atoms with E-state index in [1.165, 1.54) is 19.4 Å². The SMILES string of the molecule is COc1ccc(/C=N\NC(=O)c2cc(C)[nH]n2)cc1O. The van der Waals surface area contributed by atoms with E-state index in [1.807, 2.05) is 0 Å². The van der Waals surface area contributed by atoms with Crippen LogP contribution in [0.15, 0.2) is 29.4 Å². The van der Waals surface area contributed by atoms with Gasteiger partial charge < -0.3 is 9.84 Å². The molecule has 7 nitrogen and oxygen atoms in total. The lowest BCUT2D eigenvalue weighted by atomic mass is 10.2. The Morgan fingerprint density at radius 1 is 1.50 bits per heavy atom. The molecule has 0 saturated carbocycles. The number of benzene rings is 1. The van der Waals surface area contributed by atoms with Gasteiger partial charge in [0.05, 0.1) is 13.3 Å². The van der Waals surface area contributed by atoms with Crippen LogP contribution < -0.4 is 10.2 Å². The highest BCUT2D eigenvalue weighted by Gasteiger charge is 2.07. The van der Waals surface area contributed by atoms with Gasteiger partial charge in [-0.25, -0.2) is 5.43 Å². The topological polar surface area (TPSA) is 99.6 Å². The summed E-state index contributed by atoms with van der Waals surface area (Å²) in [5.74, 6) is -0.0350. The largest absolute Gasteiger partial charge is 0.504 e. The van der Waals surface area contributed by atoms with Crippen LogP contribution in [0.1, 0.15) is 21.7 Å². The summed E-state index contributed by atoms with van der Waals surface area (Å²) in [7, 11) is 1.47. The number of ether oxygens (including phenoxy) is 1. The molecule has 0 spiro atoms. The Balaban J connectivity index is 2.00. The molecule has 1 amide bonds. The molecule has 0 fully saturated rings. The number of nitrogens with zero attached hydrogens (tertiary/aromatic N) is 2. The molecule has 1 aromatic heterocycles. The van der Waals surface area contributed by atoms with E-state index in [-0.39, 0.29) is 11.4 Å². The predicted molar refractivity (Wildman–Crippen MR) is 73.0 cm³/mol. The lowest BCUT2D eigenvalue weighted by Gasteiger charge is -2.02. The Morgan fingerprint density at radius 2 is 2.30 bits per heavy atom. The monoisotopic (exact) mass is 274 g/mol. The van der Waals surface area contributed by atoms with E-state index in [4.69, 9.17) is 4.74 Å². The summed E-state index contributed by atoms with van der Waals surface area (Å²) in [4.78, 5) is 11.6. The normalized spacial score (nSPS) is 10.7. The number of methoxy groups -OCH3 is 1. The predicted octanol–water partition coefficient (Wildman–Crippen LogP) is 1.20. The first kappa shape index (κ1) is 13.6. The number of hydrazone groups is 1. The molecule has 1 aromatic carbocycles. The smallest absolute Gasteiger partial charge is 0.291 e. The van der Waals surface area contributed by atoms with Gasteiger partial charge in [0.25, 0.3) is 5.91 Å². The van der Waals surface area contributed by atoms with Crippen molar-refractivity contribution in [3.63, 3.8) is 0 Å². The summed E-state index contributed by atoms with van der Waals surface area (Å²) in [6, 6.07) is 6.40. The minimum Gasteiger partial charge on any atom is -0.504 e. The minimum absolute atomic E-state index is 0.00528. The highest BCUT2D eigenvalue weighted by atomic mass is 16.5. The number of H-pyrrole nitrogens is 1. The Labute approximate surface area is 115 Å². The van der Waals surface area contributed by atoms with Gasteiger partial charge in [-0.1, -0.05) is 0 Å². The van der Waals surface area contributed by atoms with Crippen molar-refractivity contribution >= 4 is 12.1 Å². The number of aromatic nitrogens is 2. The van der Waals surface area contributed by atoms with Crippen LogP contribution in [0.4, 0.5) is 0 Å². The van der Waals surface area contributed by atoms with Crippen LogP contribution in [0.25, 0.3) is 0 Å². The molecule has 2 aromatic rings. The molecule has 0 aliphatic carbocycles. The third-order valence-corrected chi connectivity index (χ3v) is 2.52. The van der Waals surface area contributed by atoms with Gasteiger partial charge in [0.15, 0.2) is 17.2 Å². The van der Waals surface area contributed by atoms with Crippen LogP contribution >= 0.6 is 0 Å². The highest BCUT2D eigenvalue weighted by molar-refractivity contribution is 5.93. The van der Waals surface area contributed by atoms with Crippen LogP contribution in [0, 0.1) is 6.92 Å². The first-order chi connectivity index (χ1) is 9.60. The van der Waals surface area contributed by atoms with Crippen molar-refractivity contribution in [1.29, 1.82) is 0 Å². The molecular formula is C13H14N4O3. The van der Waals surface area contributed by atoms with Crippen LogP contribution in [-0.2, 0) is 0 Å². The van der Waals surface area contributed by atoms with E-state index in [0.29, 0.717) is 11.3 Å². The van der Waals surface area contributed by atoms with Gasteiger partial charge in [-0.2, -0.15) is 10.2 Å². The van der Waals surface area contributed by atoms with Gasteiger partial charge in [0, 0.05) is 5.69 Å². The maximum Gasteiger partial charge on any atom is 0.291 e. The molecule has 0 saturated heterocycles. The Hall–Kier alpha value is -2.83. The summed E-state index contributed by atoms with van der Waals surface area (Å²) in [5, 5.41) is 19.9. The van der Waals surface area contributed by atoms with Crippen LogP contribution in [0.3, 0.4) is 0 Å². The summed E-state index contributed by atoms with van der Waals surface area (Å²) in [6.45, 7) is 1.80. The van der Waals surface area contributed by atoms with Gasteiger partial charge >= 0.3 is 0 Å². The van der Waals surface area contributed by atoms with Gasteiger partial charge in [0.1, 0.15) is 0 Å². The standard InChI is InChI=1S/C13H14N4O3/c1-8-5-10(16-15-8)13(19)17-14-7-9-3-4-12(20-2)11(18)6-9/h3-7,18H,1-2H3,(H,15,16)(H,17,19)/b14-7-. The zero-order chi connectivity index (χ0) is 14.5. The van der Waals surface area contributed by atoms with E-state index in [2.05, 4.69) is 20.7 Å². The molecule has 0 radical (unpaired) electrons. The van der Waals surface area contributed by atoms with E-state index < -0.39 is 5.91 Å². The Kier molecular flexibility index (Phi) is 3.99. The first-order valence-corrected chi connectivity index (χ1v) is 5.82. The Bertz CT molecular complexity index is 649. The second-order valence-electron chi connectivity index (χ2n) is 4.07. The van der Waals surface area contributed by atoms with E-state index in [9.17, 15) is 9.90 Å². The van der Waals surface area contributed by atoms with Crippen molar-refractivity contribution in [1.82, 2.24) is 15.6 Å². The molecule has 104 valence electrons. The third kappa shape index (κ3) is 3.14. The summed E-state index contributed by atoms with van der Waals surface area (Å²) >= 11 is 0. The lowest BCUT2D eigenvalue weighted by Crippen LogP contribution is -2.17. The summed E-state index contributed by atoms with van der Waals surface area (Å²) in [5.41, 5.74) is 4.02. The van der Waals surface area contributed by atoms with Gasteiger partial charge in [-0.05, 0) is 36.8 Å². The number of aryl methyl sites for hydroxylation is 1. The number of phenolic OH excluding ortho intramolecular Hbond substituents is 1. The number of aromatic hydroxyl groups is 1. The number of carbonyl (C=O) groups excluding carboxylic acids is 1. The van der Waals surface area contributed by atoms with Crippen LogP contribution in [0.5, 0.6) is 11.5 Å². The maximum atomic E-state index is 11.6. The second-order valence-corrected chi connectivity index (χ2v) is 4.07. The fraction of sp³-hybridized carbons (Fsp3) is 0.154. The minimum atomic E-state index is -0.414. The fourth-order valence-corrected chi connectivity index (χ4v) is 1.54. The Morgan fingerprint density at radius 3 is 2.90 bits per heavy atom. The molecule has 0 atom stereocenters. The number of rotatable bonds is 4. The molecule has 0 unspecified atom stereocenters. The van der Waals surface area contributed by atoms with Gasteiger partial charge in [0.2, 0.25) is 0 Å². The van der Waals surface area contributed by atoms with Crippen LogP contribution in [0.2, 0.25) is 0 Å². The number of nitrogens with one attached hydrogen (secondary N) is 2. The molecule has 7 heteroatoms. The average Bonchev–Trinajstić information content (AvgIpc) is 2.85. The van der Waals surface area contributed by atoms with Crippen molar-refractivity contribution < 1.29 is 14.6 Å². The molecule has 0 bridgehead atoms. The zero-order valence-corrected chi connectivity index (χ0v) is 11.0. The number of amides is 1. The summed E-state index contributed by atoms with van der Waals surface area (Å²) < 4.78 is 4.93. The number of carbonyl (C=O) groups is 1. The van der Waals surface area contributed by atoms with Crippen molar-refractivity contribution in [3.05, 3.63) is 41.2 Å². The quantitative estimate of drug-likeness (QED) is 0.576. The molecule has 0 aliphatic rings. The number of hydrogen-bond donors (Lipinski definition) is 3. The second kappa shape index (κ2) is 5.87. The molecule has 2 rings (SSSR count). The van der Waals surface area contributed by atoms with Gasteiger partial charge in [-0.15, -0.1) is 0 Å². The lowest BCUT2D eigenvalue weighted by molar-refractivity contribution is 0.0950. The van der Waals surface area contributed by atoms with Crippen molar-refractivity contribution in [2.75, 3.05) is 7.11 Å². The number of phenols is 1. The summed E-state index contributed by atoms with van der Waals surface area (Å²) in [6.07, 6.45) is 1.41. The molecule has 1 heterocycles. The van der Waals surface area contributed by atoms with Crippen LogP contribution in [-0.4, -0.2) is 34.5 Å². The molecular weight excluding hydrogens is 260 g/mol. The van der Waals surface area contributed by atoms with Crippen molar-refractivity contribution in [2.45, 2.75) is 6.92 Å². The third-order valence-electron chi connectivity index (χ3n) is 2.52.